The Morgan fingerprint density at radius 3 is 2.13 bits per heavy atom. The van der Waals surface area contributed by atoms with E-state index in [1.165, 1.54) is 5.57 Å². The van der Waals surface area contributed by atoms with Crippen molar-refractivity contribution < 1.29 is 38.5 Å². The number of nitrogens with one attached hydrogen (secondary N) is 2. The van der Waals surface area contributed by atoms with Crippen molar-refractivity contribution in [2.45, 2.75) is 45.1 Å². The zero-order valence-corrected chi connectivity index (χ0v) is 30.3. The van der Waals surface area contributed by atoms with Crippen molar-refractivity contribution in [3.05, 3.63) is 125 Å². The molecule has 4 aromatic rings. The van der Waals surface area contributed by atoms with Crippen LogP contribution in [0.4, 0.5) is 5.69 Å². The molecular weight excluding hydrogens is 686 g/mol. The van der Waals surface area contributed by atoms with Crippen LogP contribution in [0, 0.1) is 0 Å². The third-order valence-electron chi connectivity index (χ3n) is 9.38. The van der Waals surface area contributed by atoms with E-state index < -0.39 is 29.7 Å². The number of carbonyl (C=O) groups is 4. The van der Waals surface area contributed by atoms with E-state index >= 15 is 0 Å². The lowest BCUT2D eigenvalue weighted by molar-refractivity contribution is -0.136. The van der Waals surface area contributed by atoms with Crippen LogP contribution in [0.5, 0.6) is 11.5 Å². The highest BCUT2D eigenvalue weighted by atomic mass is 16.5. The first-order chi connectivity index (χ1) is 26.3. The summed E-state index contributed by atoms with van der Waals surface area (Å²) in [5.74, 6) is -1.09. The molecule has 0 aromatic heterocycles. The number of piperidine rings is 1. The molecule has 280 valence electrons. The molecular formula is C43H45N3O8. The number of hydrogen-bond donors (Lipinski definition) is 3. The Balaban J connectivity index is 0.865. The topological polar surface area (TPSA) is 144 Å². The van der Waals surface area contributed by atoms with Crippen molar-refractivity contribution >= 4 is 40.5 Å². The lowest BCUT2D eigenvalue weighted by Gasteiger charge is -2.27. The van der Waals surface area contributed by atoms with Crippen LogP contribution in [0.1, 0.15) is 76.4 Å². The predicted molar refractivity (Wildman–Crippen MR) is 205 cm³/mol. The van der Waals surface area contributed by atoms with Crippen LogP contribution >= 0.6 is 0 Å². The summed E-state index contributed by atoms with van der Waals surface area (Å²) in [5.41, 5.74) is 6.79. The summed E-state index contributed by atoms with van der Waals surface area (Å²) in [4.78, 5) is 50.6. The van der Waals surface area contributed by atoms with Gasteiger partial charge >= 0.3 is 0 Å². The SMILES string of the molecule is CC/C(=C(\c1ccc(O)cc1)c1ccc(OCCOCCCOCCCNc2ccc3c(c2)C(=O)N(C2CCC(=O)NC2=O)C3=O)cc1)c1ccccc1. The van der Waals surface area contributed by atoms with Gasteiger partial charge in [-0.05, 0) is 96.0 Å². The predicted octanol–water partition coefficient (Wildman–Crippen LogP) is 6.47. The Hall–Kier alpha value is -5.78. The van der Waals surface area contributed by atoms with Gasteiger partial charge in [-0.3, -0.25) is 29.4 Å². The van der Waals surface area contributed by atoms with Crippen LogP contribution in [-0.2, 0) is 19.1 Å². The van der Waals surface area contributed by atoms with E-state index in [1.54, 1.807) is 30.3 Å². The Labute approximate surface area is 314 Å². The summed E-state index contributed by atoms with van der Waals surface area (Å²) < 4.78 is 17.4. The highest BCUT2D eigenvalue weighted by Crippen LogP contribution is 2.36. The third kappa shape index (κ3) is 9.22. The van der Waals surface area contributed by atoms with Crippen LogP contribution in [0.15, 0.2) is 97.1 Å². The number of anilines is 1. The Morgan fingerprint density at radius 2 is 1.43 bits per heavy atom. The fourth-order valence-electron chi connectivity index (χ4n) is 6.70. The average Bonchev–Trinajstić information content (AvgIpc) is 3.43. The Bertz CT molecular complexity index is 1980. The minimum absolute atomic E-state index is 0.0808. The summed E-state index contributed by atoms with van der Waals surface area (Å²) in [6.45, 7) is 5.31. The third-order valence-corrected chi connectivity index (χ3v) is 9.38. The molecule has 4 aromatic carbocycles. The van der Waals surface area contributed by atoms with E-state index in [4.69, 9.17) is 14.2 Å². The first-order valence-electron chi connectivity index (χ1n) is 18.4. The molecule has 1 atom stereocenters. The van der Waals surface area contributed by atoms with Gasteiger partial charge in [0.15, 0.2) is 0 Å². The number of carbonyl (C=O) groups excluding carboxylic acids is 4. The van der Waals surface area contributed by atoms with E-state index in [-0.39, 0.29) is 29.7 Å². The molecule has 4 amide bonds. The molecule has 11 heteroatoms. The summed E-state index contributed by atoms with van der Waals surface area (Å²) >= 11 is 0. The highest BCUT2D eigenvalue weighted by Gasteiger charge is 2.44. The molecule has 0 spiro atoms. The number of benzene rings is 4. The molecule has 1 saturated heterocycles. The minimum Gasteiger partial charge on any atom is -0.508 e. The maximum Gasteiger partial charge on any atom is 0.262 e. The number of ether oxygens (including phenoxy) is 3. The first kappa shape index (κ1) is 38.0. The van der Waals surface area contributed by atoms with Crippen molar-refractivity contribution in [3.8, 4) is 11.5 Å². The fourth-order valence-corrected chi connectivity index (χ4v) is 6.70. The molecule has 1 fully saturated rings. The second-order valence-corrected chi connectivity index (χ2v) is 13.1. The van der Waals surface area contributed by atoms with Crippen LogP contribution in [-0.4, -0.2) is 79.3 Å². The van der Waals surface area contributed by atoms with Crippen molar-refractivity contribution in [1.82, 2.24) is 10.2 Å². The molecule has 1 unspecified atom stereocenters. The largest absolute Gasteiger partial charge is 0.508 e. The molecule has 0 radical (unpaired) electrons. The molecule has 2 aliphatic heterocycles. The number of phenolic OH excluding ortho intramolecular Hbond substituents is 1. The van der Waals surface area contributed by atoms with Crippen molar-refractivity contribution in [2.75, 3.05) is 44.9 Å². The van der Waals surface area contributed by atoms with Gasteiger partial charge in [0.05, 0.1) is 17.7 Å². The molecule has 2 heterocycles. The quantitative estimate of drug-likeness (QED) is 0.0597. The molecule has 11 nitrogen and oxygen atoms in total. The second-order valence-electron chi connectivity index (χ2n) is 13.1. The maximum absolute atomic E-state index is 13.0. The van der Waals surface area contributed by atoms with Gasteiger partial charge in [-0.2, -0.15) is 0 Å². The summed E-state index contributed by atoms with van der Waals surface area (Å²) in [7, 11) is 0. The van der Waals surface area contributed by atoms with Crippen LogP contribution < -0.4 is 15.4 Å². The minimum atomic E-state index is -0.984. The van der Waals surface area contributed by atoms with Crippen LogP contribution in [0.2, 0.25) is 0 Å². The fraction of sp³-hybridized carbons (Fsp3) is 0.302. The van der Waals surface area contributed by atoms with Gasteiger partial charge in [0.1, 0.15) is 24.1 Å². The summed E-state index contributed by atoms with van der Waals surface area (Å²) in [6.07, 6.45) is 2.53. The first-order valence-corrected chi connectivity index (χ1v) is 18.4. The van der Waals surface area contributed by atoms with Gasteiger partial charge in [-0.15, -0.1) is 0 Å². The molecule has 2 aliphatic rings. The lowest BCUT2D eigenvalue weighted by Crippen LogP contribution is -2.54. The second kappa shape index (κ2) is 18.3. The number of fused-ring (bicyclic) bond motifs is 1. The van der Waals surface area contributed by atoms with Gasteiger partial charge in [-0.1, -0.05) is 61.5 Å². The Kier molecular flexibility index (Phi) is 12.9. The zero-order chi connectivity index (χ0) is 37.9. The molecule has 0 aliphatic carbocycles. The standard InChI is InChI=1S/C43H45N3O8/c1-2-35(29-8-4-3-5-9-29)40(30-10-15-33(47)16-11-30)31-12-17-34(18-13-31)54-27-26-53-25-7-24-52-23-6-22-44-32-14-19-36-37(28-32)43(51)46(42(36)50)38-20-21-39(48)45-41(38)49/h3-5,8-19,28,38,44,47H,2,6-7,20-27H2,1H3,(H,45,48,49)/b40-35-. The van der Waals surface area contributed by atoms with E-state index in [2.05, 4.69) is 41.8 Å². The van der Waals surface area contributed by atoms with Gasteiger partial charge in [0.2, 0.25) is 11.8 Å². The van der Waals surface area contributed by atoms with Gasteiger partial charge in [0.25, 0.3) is 11.8 Å². The molecule has 0 bridgehead atoms. The number of nitrogens with zero attached hydrogens (tertiary/aromatic N) is 1. The number of amides is 4. The van der Waals surface area contributed by atoms with E-state index in [0.717, 1.165) is 52.2 Å². The molecule has 0 saturated carbocycles. The number of phenols is 1. The van der Waals surface area contributed by atoms with E-state index in [0.29, 0.717) is 45.3 Å². The van der Waals surface area contributed by atoms with Crippen molar-refractivity contribution in [1.29, 1.82) is 0 Å². The van der Waals surface area contributed by atoms with Crippen molar-refractivity contribution in [2.24, 2.45) is 0 Å². The zero-order valence-electron chi connectivity index (χ0n) is 30.3. The van der Waals surface area contributed by atoms with Gasteiger partial charge in [-0.25, -0.2) is 0 Å². The lowest BCUT2D eigenvalue weighted by atomic mass is 9.88. The van der Waals surface area contributed by atoms with Gasteiger partial charge < -0.3 is 24.6 Å². The van der Waals surface area contributed by atoms with Crippen molar-refractivity contribution in [3.63, 3.8) is 0 Å². The maximum atomic E-state index is 13.0. The van der Waals surface area contributed by atoms with E-state index in [1.807, 2.05) is 42.5 Å². The average molecular weight is 732 g/mol. The number of allylic oxidation sites excluding steroid dienone is 1. The Morgan fingerprint density at radius 1 is 0.759 bits per heavy atom. The number of aromatic hydroxyl groups is 1. The molecule has 6 rings (SSSR count). The number of hydrogen-bond acceptors (Lipinski definition) is 9. The van der Waals surface area contributed by atoms with Gasteiger partial charge in [0, 0.05) is 38.5 Å². The number of rotatable bonds is 18. The molecule has 3 N–H and O–H groups in total. The van der Waals surface area contributed by atoms with Crippen LogP contribution in [0.25, 0.3) is 11.1 Å². The molecule has 54 heavy (non-hydrogen) atoms. The van der Waals surface area contributed by atoms with E-state index in [9.17, 15) is 24.3 Å². The smallest absolute Gasteiger partial charge is 0.262 e. The number of imide groups is 2. The highest BCUT2D eigenvalue weighted by molar-refractivity contribution is 6.23. The normalized spacial score (nSPS) is 15.9. The summed E-state index contributed by atoms with van der Waals surface area (Å²) in [6, 6.07) is 29.7. The summed E-state index contributed by atoms with van der Waals surface area (Å²) in [5, 5.41) is 15.3. The monoisotopic (exact) mass is 731 g/mol. The van der Waals surface area contributed by atoms with Crippen LogP contribution in [0.3, 0.4) is 0 Å².